The summed E-state index contributed by atoms with van der Waals surface area (Å²) in [7, 11) is 5.31. The summed E-state index contributed by atoms with van der Waals surface area (Å²) in [4.78, 5) is 4.30. The maximum Gasteiger partial charge on any atom is 0.190 e. The molecular formula is C17H26F2N2O2. The van der Waals surface area contributed by atoms with E-state index in [4.69, 9.17) is 4.74 Å². The minimum Gasteiger partial charge on any atom is -0.491 e. The minimum atomic E-state index is -0.678. The molecule has 1 saturated heterocycles. The van der Waals surface area contributed by atoms with Crippen molar-refractivity contribution < 1.29 is 18.6 Å². The molecule has 0 amide bonds. The van der Waals surface area contributed by atoms with Crippen LogP contribution in [0, 0.1) is 23.5 Å². The summed E-state index contributed by atoms with van der Waals surface area (Å²) in [6.07, 6.45) is 0.983. The fraction of sp³-hybridized carbons (Fsp3) is 0.647. The van der Waals surface area contributed by atoms with E-state index in [9.17, 15) is 13.9 Å². The number of hydrogen-bond acceptors (Lipinski definition) is 4. The largest absolute Gasteiger partial charge is 0.491 e. The molecule has 2 rings (SSSR count). The van der Waals surface area contributed by atoms with Gasteiger partial charge in [-0.15, -0.1) is 0 Å². The average molecular weight is 328 g/mol. The number of hydrogen-bond donors (Lipinski definition) is 1. The second-order valence-electron chi connectivity index (χ2n) is 6.70. The zero-order chi connectivity index (χ0) is 17.0. The second-order valence-corrected chi connectivity index (χ2v) is 6.70. The third-order valence-corrected chi connectivity index (χ3v) is 4.25. The number of methoxy groups -OCH3 is 1. The molecule has 0 unspecified atom stereocenters. The zero-order valence-electron chi connectivity index (χ0n) is 14.1. The second kappa shape index (κ2) is 8.04. The minimum absolute atomic E-state index is 0.145. The van der Waals surface area contributed by atoms with E-state index >= 15 is 0 Å². The Morgan fingerprint density at radius 3 is 2.35 bits per heavy atom. The van der Waals surface area contributed by atoms with Crippen molar-refractivity contribution in [3.63, 3.8) is 0 Å². The van der Waals surface area contributed by atoms with Gasteiger partial charge in [-0.05, 0) is 50.0 Å². The van der Waals surface area contributed by atoms with Crippen LogP contribution >= 0.6 is 0 Å². The van der Waals surface area contributed by atoms with Gasteiger partial charge >= 0.3 is 0 Å². The van der Waals surface area contributed by atoms with Crippen LogP contribution in [-0.4, -0.2) is 62.4 Å². The molecule has 1 aromatic carbocycles. The molecule has 1 N–H and O–H groups in total. The fourth-order valence-electron chi connectivity index (χ4n) is 3.49. The van der Waals surface area contributed by atoms with E-state index in [-0.39, 0.29) is 18.3 Å². The summed E-state index contributed by atoms with van der Waals surface area (Å²) in [6.45, 7) is 3.17. The molecule has 130 valence electrons. The lowest BCUT2D eigenvalue weighted by Gasteiger charge is -2.38. The summed E-state index contributed by atoms with van der Waals surface area (Å²) in [6, 6.07) is 2.65. The molecule has 23 heavy (non-hydrogen) atoms. The molecule has 2 atom stereocenters. The molecule has 0 radical (unpaired) electrons. The molecule has 1 aromatic rings. The summed E-state index contributed by atoms with van der Waals surface area (Å²) in [5, 5.41) is 9.51. The maximum atomic E-state index is 13.8. The van der Waals surface area contributed by atoms with Gasteiger partial charge in [-0.1, -0.05) is 0 Å². The smallest absolute Gasteiger partial charge is 0.190 e. The Hall–Kier alpha value is -1.24. The van der Waals surface area contributed by atoms with Gasteiger partial charge in [0.2, 0.25) is 0 Å². The number of halogens is 2. The Labute approximate surface area is 136 Å². The average Bonchev–Trinajstić information content (AvgIpc) is 2.45. The molecule has 4 nitrogen and oxygen atoms in total. The van der Waals surface area contributed by atoms with E-state index in [1.807, 2.05) is 14.1 Å². The van der Waals surface area contributed by atoms with Gasteiger partial charge in [0.1, 0.15) is 0 Å². The fourth-order valence-corrected chi connectivity index (χ4v) is 3.49. The lowest BCUT2D eigenvalue weighted by Crippen LogP contribution is -2.44. The summed E-state index contributed by atoms with van der Waals surface area (Å²) < 4.78 is 32.4. The lowest BCUT2D eigenvalue weighted by molar-refractivity contribution is 0.0691. The molecule has 1 aliphatic heterocycles. The van der Waals surface area contributed by atoms with E-state index in [2.05, 4.69) is 9.80 Å². The number of aliphatic hydroxyl groups excluding tert-OH is 1. The summed E-state index contributed by atoms with van der Waals surface area (Å²) in [5.41, 5.74) is 0.586. The van der Waals surface area contributed by atoms with Gasteiger partial charge in [0.05, 0.1) is 7.11 Å². The Balaban J connectivity index is 2.08. The van der Waals surface area contributed by atoms with E-state index < -0.39 is 11.6 Å². The van der Waals surface area contributed by atoms with Gasteiger partial charge in [-0.25, -0.2) is 8.78 Å². The number of aliphatic hydroxyl groups is 1. The molecule has 0 aliphatic carbocycles. The van der Waals surface area contributed by atoms with Crippen LogP contribution in [0.15, 0.2) is 12.1 Å². The monoisotopic (exact) mass is 328 g/mol. The molecular weight excluding hydrogens is 302 g/mol. The predicted octanol–water partition coefficient (Wildman–Crippen LogP) is 1.97. The quantitative estimate of drug-likeness (QED) is 0.866. The van der Waals surface area contributed by atoms with Crippen molar-refractivity contribution in [3.8, 4) is 5.75 Å². The van der Waals surface area contributed by atoms with Crippen LogP contribution < -0.4 is 4.74 Å². The molecule has 1 aliphatic rings. The number of piperidine rings is 1. The maximum absolute atomic E-state index is 13.8. The van der Waals surface area contributed by atoms with Crippen LogP contribution in [0.2, 0.25) is 0 Å². The number of ether oxygens (including phenoxy) is 1. The lowest BCUT2D eigenvalue weighted by atomic mass is 9.89. The van der Waals surface area contributed by atoms with Crippen LogP contribution in [-0.2, 0) is 6.54 Å². The number of benzene rings is 1. The van der Waals surface area contributed by atoms with E-state index in [1.54, 1.807) is 0 Å². The molecule has 0 bridgehead atoms. The van der Waals surface area contributed by atoms with E-state index in [0.29, 0.717) is 18.0 Å². The van der Waals surface area contributed by atoms with Crippen LogP contribution in [0.25, 0.3) is 0 Å². The van der Waals surface area contributed by atoms with Crippen LogP contribution in [0.4, 0.5) is 8.78 Å². The molecule has 0 spiro atoms. The zero-order valence-corrected chi connectivity index (χ0v) is 14.1. The van der Waals surface area contributed by atoms with E-state index in [1.165, 1.54) is 19.2 Å². The van der Waals surface area contributed by atoms with Gasteiger partial charge in [-0.3, -0.25) is 4.90 Å². The van der Waals surface area contributed by atoms with Crippen LogP contribution in [0.5, 0.6) is 5.75 Å². The van der Waals surface area contributed by atoms with Gasteiger partial charge in [0.15, 0.2) is 17.4 Å². The van der Waals surface area contributed by atoms with Crippen molar-refractivity contribution in [2.75, 3.05) is 47.4 Å². The van der Waals surface area contributed by atoms with Gasteiger partial charge < -0.3 is 14.7 Å². The highest BCUT2D eigenvalue weighted by atomic mass is 19.1. The Morgan fingerprint density at radius 1 is 1.22 bits per heavy atom. The van der Waals surface area contributed by atoms with Crippen molar-refractivity contribution in [1.82, 2.24) is 9.80 Å². The van der Waals surface area contributed by atoms with Crippen molar-refractivity contribution in [2.45, 2.75) is 13.0 Å². The van der Waals surface area contributed by atoms with E-state index in [0.717, 1.165) is 26.1 Å². The number of likely N-dealkylation sites (tertiary alicyclic amines) is 1. The Bertz CT molecular complexity index is 502. The normalized spacial score (nSPS) is 22.6. The van der Waals surface area contributed by atoms with Crippen molar-refractivity contribution in [2.24, 2.45) is 11.8 Å². The summed E-state index contributed by atoms with van der Waals surface area (Å²) in [5.74, 6) is -1.04. The highest BCUT2D eigenvalue weighted by molar-refractivity contribution is 5.31. The SMILES string of the molecule is COc1c(F)cc(CN2C[C@@H](CN(C)C)C[C@H](CO)C2)cc1F. The van der Waals surface area contributed by atoms with Gasteiger partial charge in [-0.2, -0.15) is 0 Å². The molecule has 0 aromatic heterocycles. The first-order valence-electron chi connectivity index (χ1n) is 7.92. The molecule has 1 heterocycles. The third kappa shape index (κ3) is 4.86. The highest BCUT2D eigenvalue weighted by Gasteiger charge is 2.27. The number of rotatable bonds is 6. The first-order valence-corrected chi connectivity index (χ1v) is 7.92. The van der Waals surface area contributed by atoms with Gasteiger partial charge in [0, 0.05) is 32.8 Å². The van der Waals surface area contributed by atoms with Crippen molar-refractivity contribution in [1.29, 1.82) is 0 Å². The van der Waals surface area contributed by atoms with Crippen molar-refractivity contribution in [3.05, 3.63) is 29.3 Å². The topological polar surface area (TPSA) is 35.9 Å². The molecule has 0 saturated carbocycles. The summed E-state index contributed by atoms with van der Waals surface area (Å²) >= 11 is 0. The predicted molar refractivity (Wildman–Crippen MR) is 85.4 cm³/mol. The first-order chi connectivity index (χ1) is 10.9. The standard InChI is InChI=1S/C17H26F2N2O2/c1-20(2)7-13-4-14(11-22)10-21(9-13)8-12-5-15(18)17(23-3)16(19)6-12/h5-6,13-14,22H,4,7-11H2,1-3H3/t13-,14+/m1/s1. The van der Waals surface area contributed by atoms with Crippen LogP contribution in [0.1, 0.15) is 12.0 Å². The highest BCUT2D eigenvalue weighted by Crippen LogP contribution is 2.26. The van der Waals surface area contributed by atoms with Crippen molar-refractivity contribution >= 4 is 0 Å². The molecule has 6 heteroatoms. The first kappa shape index (κ1) is 18.1. The molecule has 1 fully saturated rings. The third-order valence-electron chi connectivity index (χ3n) is 4.25. The Kier molecular flexibility index (Phi) is 6.33. The van der Waals surface area contributed by atoms with Gasteiger partial charge in [0.25, 0.3) is 0 Å². The van der Waals surface area contributed by atoms with Crippen LogP contribution in [0.3, 0.4) is 0 Å². The number of nitrogens with zero attached hydrogens (tertiary/aromatic N) is 2. The Morgan fingerprint density at radius 2 is 1.83 bits per heavy atom.